The Hall–Kier alpha value is -3.52. The molecule has 0 saturated carbocycles. The van der Waals surface area contributed by atoms with Crippen LogP contribution in [0.1, 0.15) is 53.4 Å². The molecule has 9 rings (SSSR count). The number of aromatic hydroxyl groups is 4. The number of thioether (sulfide) groups is 3. The molecule has 88 heavy (non-hydrogen) atoms. The standard InChI is InChI=1S/C19H20N2O3S.C10H10N2O2S.C10H9NO3S.C9H9BrO3.C9H11NO3.CH4.I3.I2.HI/c1-2-13-3-6-15(20-12-13)9-10-24-16-7-4-14(5-8-16)11-17-18(22)21-19(23)25-17;11-10-12-9(14)8(15-10)5-6-1-3-7(13)4-2-6;12-7-3-1-6(2-4-7)5-8-9(13)11-10(14)15-8;2*10-8(9(12)13)5-6-1-3-7(11)4-2-6;;1-3-2;1-2;/h3-8,12,17H,2,9-11H2,1H3,(H,21,22,23);1-4,8,13H,5H2,(H2,11,12,14);1-4,8,12H,5H2,(H,11,13,14);1-4,8,11H,5H2,(H,12,13);1-4,8,11H,5,10H2,(H,12,13);1H4;;;1H/q;;;;;;-1;;. The number of amidine groups is 1. The van der Waals surface area contributed by atoms with Gasteiger partial charge in [-0.3, -0.25) is 49.2 Å². The summed E-state index contributed by atoms with van der Waals surface area (Å²) in [6, 6.07) is 37.1. The third kappa shape index (κ3) is 33.2. The molecule has 5 unspecified atom stereocenters. The van der Waals surface area contributed by atoms with E-state index in [-0.39, 0.29) is 105 Å². The summed E-state index contributed by atoms with van der Waals surface area (Å²) >= 11 is 15.9. The first-order chi connectivity index (χ1) is 41.0. The molecule has 6 aromatic rings. The van der Waals surface area contributed by atoms with Crippen LogP contribution in [0.2, 0.25) is 0 Å². The Morgan fingerprint density at radius 2 is 0.989 bits per heavy atom. The van der Waals surface area contributed by atoms with Crippen molar-refractivity contribution in [3.05, 3.63) is 179 Å². The molecule has 5 aromatic carbocycles. The molecule has 2 saturated heterocycles. The first-order valence-corrected chi connectivity index (χ1v) is 47.7. The number of aliphatic imine (C=N–C) groups is 1. The molecule has 12 N–H and O–H groups in total. The average Bonchev–Trinajstić information content (AvgIpc) is 3.26. The van der Waals surface area contributed by atoms with Gasteiger partial charge in [0.05, 0.1) is 22.4 Å². The van der Waals surface area contributed by atoms with Crippen molar-refractivity contribution in [2.24, 2.45) is 16.5 Å². The number of amides is 5. The predicted molar refractivity (Wildman–Crippen MR) is 392 cm³/mol. The molecule has 4 heterocycles. The predicted octanol–water partition coefficient (Wildman–Crippen LogP) is 9.27. The van der Waals surface area contributed by atoms with E-state index < -0.39 is 22.8 Å². The molecule has 0 spiro atoms. The number of carboxylic acid groups (broad SMARTS) is 2. The number of nitrogens with zero attached hydrogens (tertiary/aromatic N) is 2. The fourth-order valence-corrected chi connectivity index (χ4v) is 10.2. The maximum Gasteiger partial charge on any atom is 0.320 e. The van der Waals surface area contributed by atoms with Gasteiger partial charge in [0, 0.05) is 55.5 Å². The van der Waals surface area contributed by atoms with Gasteiger partial charge in [0.25, 0.3) is 16.4 Å². The minimum absolute atomic E-state index is 0. The van der Waals surface area contributed by atoms with Gasteiger partial charge in [-0.2, -0.15) is 4.99 Å². The number of benzene rings is 5. The SMILES string of the molecule is C.CCc1ccc(CCOc2ccc(CC3SC(=O)NC3=O)cc2)nc1.I.II.I[I-]I.NC(Cc1ccc(O)cc1)C(=O)O.NC1=NC(=O)C(Cc2ccc(O)cc2)S1.O=C(O)C(Br)Cc1ccc(O)cc1.O=C1NC(=O)C(Cc2ccc(O)cc2)S1. The summed E-state index contributed by atoms with van der Waals surface area (Å²) in [5.74, 6) is -0.980. The van der Waals surface area contributed by atoms with E-state index in [0.29, 0.717) is 50.7 Å². The van der Waals surface area contributed by atoms with Gasteiger partial charge in [0.2, 0.25) is 11.8 Å². The van der Waals surface area contributed by atoms with Crippen LogP contribution in [0.5, 0.6) is 28.7 Å². The number of imide groups is 2. The zero-order valence-electron chi connectivity index (χ0n) is 45.7. The topological polar surface area (TPSA) is 351 Å². The molecular formula is C58H64BrI6N6O14S3-. The van der Waals surface area contributed by atoms with E-state index in [1.807, 2.05) is 36.5 Å². The van der Waals surface area contributed by atoms with E-state index in [2.05, 4.69) is 124 Å². The minimum atomic E-state index is -1.02. The number of phenols is 4. The second-order valence-electron chi connectivity index (χ2n) is 17.9. The van der Waals surface area contributed by atoms with E-state index >= 15 is 0 Å². The molecule has 0 radical (unpaired) electrons. The molecule has 20 nitrogen and oxygen atoms in total. The summed E-state index contributed by atoms with van der Waals surface area (Å²) in [5, 5.41) is 56.6. The zero-order valence-corrected chi connectivity index (χ0v) is 62.9. The fraction of sp³-hybridized carbons (Fsp3) is 0.259. The number of nitrogens with two attached hydrogens (primary N) is 2. The van der Waals surface area contributed by atoms with Gasteiger partial charge >= 0.3 is 62.4 Å². The molecule has 1 aromatic heterocycles. The van der Waals surface area contributed by atoms with Gasteiger partial charge < -0.3 is 46.8 Å². The van der Waals surface area contributed by atoms with Crippen molar-refractivity contribution in [3.63, 3.8) is 0 Å². The summed E-state index contributed by atoms with van der Waals surface area (Å²) in [5.41, 5.74) is 17.6. The Morgan fingerprint density at radius 1 is 0.614 bits per heavy atom. The van der Waals surface area contributed by atoms with Crippen LogP contribution in [0.3, 0.4) is 0 Å². The number of aryl methyl sites for hydroxylation is 1. The molecule has 3 aliphatic rings. The van der Waals surface area contributed by atoms with Gasteiger partial charge in [-0.05, 0) is 139 Å². The Kier molecular flexibility index (Phi) is 42.8. The third-order valence-electron chi connectivity index (χ3n) is 11.6. The maximum absolute atomic E-state index is 11.6. The number of pyridine rings is 1. The monoisotopic (exact) mass is 2000 g/mol. The third-order valence-corrected chi connectivity index (χ3v) is 15.3. The molecule has 0 aliphatic carbocycles. The zero-order chi connectivity index (χ0) is 63.7. The number of hydrogen-bond acceptors (Lipinski definition) is 18. The van der Waals surface area contributed by atoms with Crippen LogP contribution >= 0.6 is 150 Å². The number of halogens is 7. The molecule has 478 valence electrons. The fourth-order valence-electron chi connectivity index (χ4n) is 7.20. The first-order valence-electron chi connectivity index (χ1n) is 25.3. The minimum Gasteiger partial charge on any atom is -0.508 e. The van der Waals surface area contributed by atoms with E-state index in [1.165, 1.54) is 41.6 Å². The molecule has 30 heteroatoms. The van der Waals surface area contributed by atoms with E-state index in [1.54, 1.807) is 72.8 Å². The molecule has 5 amide bonds. The summed E-state index contributed by atoms with van der Waals surface area (Å²) in [7, 11) is 0. The molecule has 5 atom stereocenters. The molecule has 3 aliphatic heterocycles. The van der Waals surface area contributed by atoms with Crippen molar-refractivity contribution in [1.29, 1.82) is 0 Å². The number of carbonyl (C=O) groups excluding carboxylic acids is 5. The molecule has 0 bridgehead atoms. The maximum atomic E-state index is 11.6. The van der Waals surface area contributed by atoms with Crippen molar-refractivity contribution in [2.75, 3.05) is 6.61 Å². The molecular weight excluding hydrogens is 1940 g/mol. The second-order valence-corrected chi connectivity index (χ2v) is 38.8. The Labute approximate surface area is 601 Å². The van der Waals surface area contributed by atoms with E-state index in [0.717, 1.165) is 75.6 Å². The van der Waals surface area contributed by atoms with Gasteiger partial charge in [-0.1, -0.05) is 132 Å². The average molecular weight is 2010 g/mol. The van der Waals surface area contributed by atoms with Gasteiger partial charge in [0.1, 0.15) is 39.6 Å². The largest absolute Gasteiger partial charge is 0.508 e. The van der Waals surface area contributed by atoms with Crippen molar-refractivity contribution >= 4 is 195 Å². The number of carbonyl (C=O) groups is 7. The van der Waals surface area contributed by atoms with Crippen LogP contribution in [0.25, 0.3) is 0 Å². The summed E-state index contributed by atoms with van der Waals surface area (Å²) in [6.45, 7) is 2.67. The number of alkyl halides is 1. The smallest absolute Gasteiger partial charge is 0.320 e. The van der Waals surface area contributed by atoms with E-state index in [4.69, 9.17) is 46.8 Å². The second kappa shape index (κ2) is 45.7. The number of aromatic nitrogens is 1. The van der Waals surface area contributed by atoms with Crippen molar-refractivity contribution in [1.82, 2.24) is 15.6 Å². The number of rotatable bonds is 17. The Bertz CT molecular complexity index is 3090. The number of ether oxygens (including phenoxy) is 1. The van der Waals surface area contributed by atoms with Crippen LogP contribution in [0, 0.1) is 0 Å². The van der Waals surface area contributed by atoms with Crippen molar-refractivity contribution in [3.8, 4) is 28.7 Å². The quantitative estimate of drug-likeness (QED) is 0.0300. The van der Waals surface area contributed by atoms with Crippen LogP contribution in [-0.2, 0) is 68.9 Å². The van der Waals surface area contributed by atoms with Crippen molar-refractivity contribution in [2.45, 2.75) is 85.9 Å². The summed E-state index contributed by atoms with van der Waals surface area (Å²) in [6.07, 6.45) is 5.97. The number of nitrogens with one attached hydrogen (secondary N) is 2. The number of aliphatic carboxylic acids is 2. The van der Waals surface area contributed by atoms with Crippen LogP contribution in [-0.4, -0.2) is 114 Å². The Morgan fingerprint density at radius 3 is 1.32 bits per heavy atom. The number of carboxylic acids is 2. The van der Waals surface area contributed by atoms with Crippen LogP contribution in [0.4, 0.5) is 9.59 Å². The molecule has 2 fully saturated rings. The number of hydrogen-bond donors (Lipinski definition) is 10. The van der Waals surface area contributed by atoms with E-state index in [9.17, 15) is 33.6 Å². The normalized spacial score (nSPS) is 15.7. The first kappa shape index (κ1) is 82.5. The van der Waals surface area contributed by atoms with Gasteiger partial charge in [-0.15, -0.1) is 24.0 Å². The van der Waals surface area contributed by atoms with Crippen LogP contribution < -0.4 is 40.1 Å². The van der Waals surface area contributed by atoms with Crippen LogP contribution in [0.15, 0.2) is 145 Å². The van der Waals surface area contributed by atoms with Gasteiger partial charge in [0.15, 0.2) is 5.17 Å². The van der Waals surface area contributed by atoms with Crippen molar-refractivity contribution < 1.29 is 82.2 Å². The van der Waals surface area contributed by atoms with Gasteiger partial charge in [-0.25, -0.2) is 0 Å². The summed E-state index contributed by atoms with van der Waals surface area (Å²) < 4.78 is 5.75. The number of phenolic OH excluding ortho intramolecular Hbond substituents is 4. The Balaban J connectivity index is 0.000000549. The summed E-state index contributed by atoms with van der Waals surface area (Å²) in [4.78, 5) is 84.6.